The van der Waals surface area contributed by atoms with E-state index in [9.17, 15) is 0 Å². The second-order valence-electron chi connectivity index (χ2n) is 6.02. The summed E-state index contributed by atoms with van der Waals surface area (Å²) in [6, 6.07) is 4.47. The Kier molecular flexibility index (Phi) is 6.00. The number of hydrogen-bond acceptors (Lipinski definition) is 4. The summed E-state index contributed by atoms with van der Waals surface area (Å²) in [6.07, 6.45) is 2.71. The molecule has 0 aromatic carbocycles. The first-order valence-electron chi connectivity index (χ1n) is 8.23. The van der Waals surface area contributed by atoms with E-state index in [1.54, 1.807) is 0 Å². The third-order valence-corrected chi connectivity index (χ3v) is 3.75. The smallest absolute Gasteiger partial charge is 0.129 e. The van der Waals surface area contributed by atoms with Crippen LogP contribution in [0.15, 0.2) is 12.1 Å². The molecular weight excluding hydrogens is 262 g/mol. The van der Waals surface area contributed by atoms with Crippen LogP contribution < -0.4 is 10.2 Å². The maximum Gasteiger partial charge on any atom is 0.129 e. The molecule has 0 radical (unpaired) electrons. The average Bonchev–Trinajstić information content (AvgIpc) is 2.44. The van der Waals surface area contributed by atoms with Crippen LogP contribution in [0.2, 0.25) is 0 Å². The Hall–Kier alpha value is -1.13. The molecule has 1 aromatic rings. The molecule has 1 aliphatic rings. The molecule has 118 valence electrons. The second-order valence-corrected chi connectivity index (χ2v) is 6.02. The van der Waals surface area contributed by atoms with Crippen LogP contribution in [0.25, 0.3) is 0 Å². The largest absolute Gasteiger partial charge is 0.372 e. The van der Waals surface area contributed by atoms with Crippen LogP contribution in [0, 0.1) is 0 Å². The number of anilines is 1. The minimum Gasteiger partial charge on any atom is -0.372 e. The minimum absolute atomic E-state index is 0.266. The monoisotopic (exact) mass is 291 g/mol. The van der Waals surface area contributed by atoms with Crippen molar-refractivity contribution in [3.8, 4) is 0 Å². The summed E-state index contributed by atoms with van der Waals surface area (Å²) in [4.78, 5) is 7.23. The summed E-state index contributed by atoms with van der Waals surface area (Å²) < 4.78 is 5.83. The van der Waals surface area contributed by atoms with Crippen LogP contribution in [0.3, 0.4) is 0 Å². The molecule has 0 bridgehead atoms. The molecule has 0 spiro atoms. The van der Waals surface area contributed by atoms with Gasteiger partial charge in [0, 0.05) is 25.3 Å². The quantitative estimate of drug-likeness (QED) is 0.874. The number of aromatic nitrogens is 1. The highest BCUT2D eigenvalue weighted by Gasteiger charge is 2.23. The molecule has 2 heterocycles. The fourth-order valence-electron chi connectivity index (χ4n) is 2.92. The van der Waals surface area contributed by atoms with Crippen LogP contribution in [0.1, 0.15) is 45.4 Å². The van der Waals surface area contributed by atoms with Gasteiger partial charge in [0.2, 0.25) is 0 Å². The SMILES string of the molecule is CCCc1cc(CNCC)cc(N2CC(C)OC(C)C2)n1. The van der Waals surface area contributed by atoms with Crippen molar-refractivity contribution in [3.63, 3.8) is 0 Å². The summed E-state index contributed by atoms with van der Waals surface area (Å²) in [6.45, 7) is 12.4. The van der Waals surface area contributed by atoms with E-state index in [1.807, 2.05) is 0 Å². The van der Waals surface area contributed by atoms with Gasteiger partial charge in [-0.3, -0.25) is 0 Å². The van der Waals surface area contributed by atoms with Gasteiger partial charge in [-0.1, -0.05) is 20.3 Å². The Labute approximate surface area is 128 Å². The molecule has 1 aliphatic heterocycles. The summed E-state index contributed by atoms with van der Waals surface area (Å²) in [5, 5.41) is 3.41. The van der Waals surface area contributed by atoms with Gasteiger partial charge in [-0.15, -0.1) is 0 Å². The van der Waals surface area contributed by atoms with Gasteiger partial charge in [0.15, 0.2) is 0 Å². The topological polar surface area (TPSA) is 37.4 Å². The predicted molar refractivity (Wildman–Crippen MR) is 87.8 cm³/mol. The van der Waals surface area contributed by atoms with Crippen molar-refractivity contribution in [2.24, 2.45) is 0 Å². The van der Waals surface area contributed by atoms with Crippen molar-refractivity contribution in [2.45, 2.75) is 59.3 Å². The molecule has 2 unspecified atom stereocenters. The Morgan fingerprint density at radius 1 is 1.24 bits per heavy atom. The number of hydrogen-bond donors (Lipinski definition) is 1. The normalized spacial score (nSPS) is 22.6. The lowest BCUT2D eigenvalue weighted by Gasteiger charge is -2.36. The highest BCUT2D eigenvalue weighted by molar-refractivity contribution is 5.43. The molecule has 0 aliphatic carbocycles. The van der Waals surface area contributed by atoms with Crippen LogP contribution in [-0.4, -0.2) is 36.8 Å². The van der Waals surface area contributed by atoms with Gasteiger partial charge in [0.25, 0.3) is 0 Å². The van der Waals surface area contributed by atoms with Crippen LogP contribution in [-0.2, 0) is 17.7 Å². The van der Waals surface area contributed by atoms with Gasteiger partial charge >= 0.3 is 0 Å². The predicted octanol–water partition coefficient (Wildman–Crippen LogP) is 2.76. The van der Waals surface area contributed by atoms with E-state index < -0.39 is 0 Å². The van der Waals surface area contributed by atoms with E-state index >= 15 is 0 Å². The molecule has 2 atom stereocenters. The van der Waals surface area contributed by atoms with Crippen molar-refractivity contribution < 1.29 is 4.74 Å². The number of aryl methyl sites for hydroxylation is 1. The number of nitrogens with one attached hydrogen (secondary N) is 1. The van der Waals surface area contributed by atoms with E-state index in [0.717, 1.165) is 44.8 Å². The molecule has 2 rings (SSSR count). The number of rotatable bonds is 6. The molecule has 1 aromatic heterocycles. The number of morpholine rings is 1. The zero-order valence-corrected chi connectivity index (χ0v) is 13.9. The molecule has 0 amide bonds. The van der Waals surface area contributed by atoms with Crippen molar-refractivity contribution in [1.29, 1.82) is 0 Å². The summed E-state index contributed by atoms with van der Waals surface area (Å²) >= 11 is 0. The Balaban J connectivity index is 2.21. The maximum atomic E-state index is 5.83. The molecule has 1 saturated heterocycles. The first-order chi connectivity index (χ1) is 10.1. The Morgan fingerprint density at radius 2 is 1.95 bits per heavy atom. The fourth-order valence-corrected chi connectivity index (χ4v) is 2.92. The summed E-state index contributed by atoms with van der Waals surface area (Å²) in [7, 11) is 0. The highest BCUT2D eigenvalue weighted by atomic mass is 16.5. The Bertz CT molecular complexity index is 440. The van der Waals surface area contributed by atoms with E-state index in [0.29, 0.717) is 0 Å². The van der Waals surface area contributed by atoms with Gasteiger partial charge in [-0.25, -0.2) is 4.98 Å². The average molecular weight is 291 g/mol. The van der Waals surface area contributed by atoms with Gasteiger partial charge < -0.3 is 15.0 Å². The van der Waals surface area contributed by atoms with Crippen molar-refractivity contribution in [2.75, 3.05) is 24.5 Å². The highest BCUT2D eigenvalue weighted by Crippen LogP contribution is 2.21. The Morgan fingerprint density at radius 3 is 2.57 bits per heavy atom. The molecule has 4 nitrogen and oxygen atoms in total. The lowest BCUT2D eigenvalue weighted by Crippen LogP contribution is -2.46. The van der Waals surface area contributed by atoms with Gasteiger partial charge in [0.1, 0.15) is 5.82 Å². The summed E-state index contributed by atoms with van der Waals surface area (Å²) in [5.41, 5.74) is 2.53. The van der Waals surface area contributed by atoms with E-state index in [-0.39, 0.29) is 12.2 Å². The zero-order chi connectivity index (χ0) is 15.2. The first-order valence-corrected chi connectivity index (χ1v) is 8.23. The van der Waals surface area contributed by atoms with Crippen molar-refractivity contribution >= 4 is 5.82 Å². The third kappa shape index (κ3) is 4.68. The zero-order valence-electron chi connectivity index (χ0n) is 13.9. The van der Waals surface area contributed by atoms with Gasteiger partial charge in [-0.2, -0.15) is 0 Å². The molecule has 1 N–H and O–H groups in total. The van der Waals surface area contributed by atoms with Crippen molar-refractivity contribution in [1.82, 2.24) is 10.3 Å². The maximum absolute atomic E-state index is 5.83. The molecule has 1 fully saturated rings. The number of nitrogens with zero attached hydrogens (tertiary/aromatic N) is 2. The number of ether oxygens (including phenoxy) is 1. The van der Waals surface area contributed by atoms with Crippen LogP contribution in [0.5, 0.6) is 0 Å². The van der Waals surface area contributed by atoms with Crippen LogP contribution in [0.4, 0.5) is 5.82 Å². The lowest BCUT2D eigenvalue weighted by molar-refractivity contribution is -0.00547. The van der Waals surface area contributed by atoms with Crippen LogP contribution >= 0.6 is 0 Å². The molecular formula is C17H29N3O. The first kappa shape index (κ1) is 16.2. The second kappa shape index (κ2) is 7.76. The van der Waals surface area contributed by atoms with E-state index in [4.69, 9.17) is 9.72 Å². The summed E-state index contributed by atoms with van der Waals surface area (Å²) in [5.74, 6) is 1.11. The number of pyridine rings is 1. The molecule has 21 heavy (non-hydrogen) atoms. The molecule has 0 saturated carbocycles. The van der Waals surface area contributed by atoms with E-state index in [1.165, 1.54) is 11.3 Å². The molecule has 4 heteroatoms. The standard InChI is InChI=1S/C17H29N3O/c1-5-7-16-8-15(10-18-6-2)9-17(19-16)20-11-13(3)21-14(4)12-20/h8-9,13-14,18H,5-7,10-12H2,1-4H3. The van der Waals surface area contributed by atoms with Gasteiger partial charge in [-0.05, 0) is 44.5 Å². The third-order valence-electron chi connectivity index (χ3n) is 3.75. The van der Waals surface area contributed by atoms with Gasteiger partial charge in [0.05, 0.1) is 12.2 Å². The minimum atomic E-state index is 0.266. The van der Waals surface area contributed by atoms with Crippen molar-refractivity contribution in [3.05, 3.63) is 23.4 Å². The lowest BCUT2D eigenvalue weighted by atomic mass is 10.1. The van der Waals surface area contributed by atoms with E-state index in [2.05, 4.69) is 50.0 Å². The fraction of sp³-hybridized carbons (Fsp3) is 0.706.